The summed E-state index contributed by atoms with van der Waals surface area (Å²) < 4.78 is 11.7. The van der Waals surface area contributed by atoms with Crippen molar-refractivity contribution in [2.45, 2.75) is 50.4 Å². The number of hydrogen-bond acceptors (Lipinski definition) is 4. The highest BCUT2D eigenvalue weighted by atomic mass is 16.5. The molecule has 1 amide bonds. The van der Waals surface area contributed by atoms with Gasteiger partial charge in [-0.15, -0.1) is 0 Å². The summed E-state index contributed by atoms with van der Waals surface area (Å²) in [5.74, 6) is 0.974. The van der Waals surface area contributed by atoms with E-state index in [2.05, 4.69) is 4.90 Å². The van der Waals surface area contributed by atoms with Crippen molar-refractivity contribution in [1.82, 2.24) is 9.80 Å². The summed E-state index contributed by atoms with van der Waals surface area (Å²) in [5, 5.41) is 0. The standard InChI is InChI=1S/C16H28N2O3/c1-17(2)16(19)11-20-10-13-5-6-14-15(21-13)7-8-18(14)9-12-3-4-12/h12-15H,3-11H2,1-2H3/t13-,14-,15-/m0/s1. The van der Waals surface area contributed by atoms with Gasteiger partial charge in [0, 0.05) is 33.2 Å². The molecule has 2 saturated heterocycles. The number of nitrogens with zero attached hydrogens (tertiary/aromatic N) is 2. The van der Waals surface area contributed by atoms with Gasteiger partial charge in [-0.1, -0.05) is 0 Å². The van der Waals surface area contributed by atoms with E-state index in [9.17, 15) is 4.79 Å². The van der Waals surface area contributed by atoms with Gasteiger partial charge in [-0.25, -0.2) is 0 Å². The number of ether oxygens (including phenoxy) is 2. The zero-order chi connectivity index (χ0) is 14.8. The molecule has 0 spiro atoms. The number of rotatable bonds is 6. The van der Waals surface area contributed by atoms with Crippen LogP contribution in [0, 0.1) is 5.92 Å². The highest BCUT2D eigenvalue weighted by Gasteiger charge is 2.41. The second kappa shape index (κ2) is 6.63. The Bertz CT molecular complexity index is 371. The molecule has 2 heterocycles. The molecule has 3 fully saturated rings. The van der Waals surface area contributed by atoms with Crippen molar-refractivity contribution in [3.8, 4) is 0 Å². The Balaban J connectivity index is 1.38. The lowest BCUT2D eigenvalue weighted by Gasteiger charge is -2.36. The maximum Gasteiger partial charge on any atom is 0.248 e. The summed E-state index contributed by atoms with van der Waals surface area (Å²) in [6.45, 7) is 3.18. The van der Waals surface area contributed by atoms with Gasteiger partial charge < -0.3 is 14.4 Å². The van der Waals surface area contributed by atoms with Crippen LogP contribution in [0.25, 0.3) is 0 Å². The Morgan fingerprint density at radius 1 is 1.24 bits per heavy atom. The van der Waals surface area contributed by atoms with Crippen molar-refractivity contribution in [1.29, 1.82) is 0 Å². The average molecular weight is 296 g/mol. The first-order chi connectivity index (χ1) is 10.1. The lowest BCUT2D eigenvalue weighted by Crippen LogP contribution is -2.44. The van der Waals surface area contributed by atoms with Gasteiger partial charge in [-0.2, -0.15) is 0 Å². The van der Waals surface area contributed by atoms with Gasteiger partial charge in [0.05, 0.1) is 18.8 Å². The van der Waals surface area contributed by atoms with E-state index in [1.165, 1.54) is 32.4 Å². The number of fused-ring (bicyclic) bond motifs is 1. The van der Waals surface area contributed by atoms with Gasteiger partial charge in [0.15, 0.2) is 0 Å². The minimum Gasteiger partial charge on any atom is -0.371 e. The molecule has 0 unspecified atom stereocenters. The summed E-state index contributed by atoms with van der Waals surface area (Å²) in [5.41, 5.74) is 0. The van der Waals surface area contributed by atoms with Crippen LogP contribution in [0.15, 0.2) is 0 Å². The van der Waals surface area contributed by atoms with Crippen LogP contribution in [0.4, 0.5) is 0 Å². The fourth-order valence-corrected chi connectivity index (χ4v) is 3.47. The zero-order valence-corrected chi connectivity index (χ0v) is 13.3. The van der Waals surface area contributed by atoms with E-state index in [1.807, 2.05) is 0 Å². The maximum atomic E-state index is 11.5. The second-order valence-electron chi connectivity index (χ2n) is 6.97. The van der Waals surface area contributed by atoms with Crippen LogP contribution in [0.2, 0.25) is 0 Å². The molecule has 0 aromatic heterocycles. The van der Waals surface area contributed by atoms with Crippen LogP contribution in [0.5, 0.6) is 0 Å². The first-order valence-electron chi connectivity index (χ1n) is 8.31. The van der Waals surface area contributed by atoms with Crippen molar-refractivity contribution in [2.24, 2.45) is 5.92 Å². The normalized spacial score (nSPS) is 33.0. The highest BCUT2D eigenvalue weighted by molar-refractivity contribution is 5.76. The summed E-state index contributed by atoms with van der Waals surface area (Å²) >= 11 is 0. The van der Waals surface area contributed by atoms with Gasteiger partial charge in [-0.05, 0) is 38.0 Å². The van der Waals surface area contributed by atoms with Crippen LogP contribution in [0.1, 0.15) is 32.1 Å². The molecule has 2 aliphatic heterocycles. The Kier molecular flexibility index (Phi) is 4.82. The van der Waals surface area contributed by atoms with E-state index >= 15 is 0 Å². The molecule has 5 heteroatoms. The fraction of sp³-hybridized carbons (Fsp3) is 0.938. The van der Waals surface area contributed by atoms with Crippen LogP contribution in [-0.4, -0.2) is 74.4 Å². The zero-order valence-electron chi connectivity index (χ0n) is 13.3. The molecule has 120 valence electrons. The quantitative estimate of drug-likeness (QED) is 0.737. The molecule has 0 bridgehead atoms. The average Bonchev–Trinajstić information content (AvgIpc) is 3.19. The van der Waals surface area contributed by atoms with Crippen LogP contribution in [-0.2, 0) is 14.3 Å². The fourth-order valence-electron chi connectivity index (χ4n) is 3.47. The van der Waals surface area contributed by atoms with Crippen LogP contribution in [0.3, 0.4) is 0 Å². The third-order valence-corrected chi connectivity index (χ3v) is 4.97. The topological polar surface area (TPSA) is 42.0 Å². The minimum atomic E-state index is 0.0140. The molecule has 3 atom stereocenters. The summed E-state index contributed by atoms with van der Waals surface area (Å²) in [7, 11) is 3.50. The molecule has 1 saturated carbocycles. The second-order valence-corrected chi connectivity index (χ2v) is 6.97. The molecule has 0 aromatic rings. The van der Waals surface area contributed by atoms with Crippen molar-refractivity contribution >= 4 is 5.91 Å². The van der Waals surface area contributed by atoms with Gasteiger partial charge in [0.1, 0.15) is 6.61 Å². The van der Waals surface area contributed by atoms with E-state index in [0.717, 1.165) is 18.8 Å². The number of likely N-dealkylation sites (N-methyl/N-ethyl adjacent to an activating group) is 1. The molecule has 3 rings (SSSR count). The van der Waals surface area contributed by atoms with E-state index in [0.29, 0.717) is 18.8 Å². The van der Waals surface area contributed by atoms with Crippen molar-refractivity contribution in [3.05, 3.63) is 0 Å². The number of carbonyl (C=O) groups excluding carboxylic acids is 1. The molecule has 5 nitrogen and oxygen atoms in total. The van der Waals surface area contributed by atoms with Gasteiger partial charge >= 0.3 is 0 Å². The first-order valence-corrected chi connectivity index (χ1v) is 8.31. The minimum absolute atomic E-state index is 0.0140. The molecular weight excluding hydrogens is 268 g/mol. The number of likely N-dealkylation sites (tertiary alicyclic amines) is 1. The van der Waals surface area contributed by atoms with Crippen molar-refractivity contribution < 1.29 is 14.3 Å². The summed E-state index contributed by atoms with van der Waals surface area (Å²) in [4.78, 5) is 15.7. The third kappa shape index (κ3) is 3.96. The van der Waals surface area contributed by atoms with Gasteiger partial charge in [-0.3, -0.25) is 9.69 Å². The van der Waals surface area contributed by atoms with Crippen LogP contribution >= 0.6 is 0 Å². The number of hydrogen-bond donors (Lipinski definition) is 0. The predicted octanol–water partition coefficient (Wildman–Crippen LogP) is 1.12. The van der Waals surface area contributed by atoms with Crippen molar-refractivity contribution in [2.75, 3.05) is 40.4 Å². The SMILES string of the molecule is CN(C)C(=O)COC[C@@H]1CC[C@H]2[C@H](CCN2CC2CC2)O1. The molecular formula is C16H28N2O3. The van der Waals surface area contributed by atoms with E-state index in [1.54, 1.807) is 19.0 Å². The molecule has 3 aliphatic rings. The Morgan fingerprint density at radius 2 is 2.05 bits per heavy atom. The monoisotopic (exact) mass is 296 g/mol. The Morgan fingerprint density at radius 3 is 2.76 bits per heavy atom. The Hall–Kier alpha value is -0.650. The number of carbonyl (C=O) groups is 1. The third-order valence-electron chi connectivity index (χ3n) is 4.97. The molecule has 1 aliphatic carbocycles. The van der Waals surface area contributed by atoms with Gasteiger partial charge in [0.2, 0.25) is 5.91 Å². The number of amides is 1. The van der Waals surface area contributed by atoms with Crippen molar-refractivity contribution in [3.63, 3.8) is 0 Å². The lowest BCUT2D eigenvalue weighted by atomic mass is 9.99. The highest BCUT2D eigenvalue weighted by Crippen LogP contribution is 2.36. The summed E-state index contributed by atoms with van der Waals surface area (Å²) in [6.07, 6.45) is 6.82. The Labute approximate surface area is 127 Å². The molecule has 21 heavy (non-hydrogen) atoms. The first kappa shape index (κ1) is 15.3. The smallest absolute Gasteiger partial charge is 0.248 e. The van der Waals surface area contributed by atoms with Gasteiger partial charge in [0.25, 0.3) is 0 Å². The largest absolute Gasteiger partial charge is 0.371 e. The van der Waals surface area contributed by atoms with E-state index in [-0.39, 0.29) is 18.6 Å². The maximum absolute atomic E-state index is 11.5. The van der Waals surface area contributed by atoms with E-state index < -0.39 is 0 Å². The van der Waals surface area contributed by atoms with E-state index in [4.69, 9.17) is 9.47 Å². The van der Waals surface area contributed by atoms with Crippen LogP contribution < -0.4 is 0 Å². The summed E-state index contributed by atoms with van der Waals surface area (Å²) in [6, 6.07) is 0.630. The molecule has 0 aromatic carbocycles. The predicted molar refractivity (Wildman–Crippen MR) is 80.1 cm³/mol. The molecule has 0 N–H and O–H groups in total. The molecule has 0 radical (unpaired) electrons. The lowest BCUT2D eigenvalue weighted by molar-refractivity contribution is -0.138.